The zero-order valence-electron chi connectivity index (χ0n) is 11.2. The van der Waals surface area contributed by atoms with Crippen LogP contribution in [0.25, 0.3) is 11.5 Å². The fraction of sp³-hybridized carbons (Fsp3) is 0.417. The summed E-state index contributed by atoms with van der Waals surface area (Å²) in [6, 6.07) is 1.76. The third-order valence-corrected chi connectivity index (χ3v) is 3.27. The number of hydrogen-bond acceptors (Lipinski definition) is 7. The standard InChI is InChI=1S/C12H15N3O4S/c1-8-9(3-5-18-8)11-14-15-12(19-11)20-7-10(16)13-4-6-17-2/h3,5H,4,6-7H2,1-2H3,(H,13,16). The molecule has 1 N–H and O–H groups in total. The van der Waals surface area contributed by atoms with E-state index in [0.717, 1.165) is 5.56 Å². The Kier molecular flexibility index (Phi) is 5.19. The maximum atomic E-state index is 11.5. The van der Waals surface area contributed by atoms with Gasteiger partial charge in [0.1, 0.15) is 5.76 Å². The largest absolute Gasteiger partial charge is 0.469 e. The molecule has 108 valence electrons. The second-order valence-corrected chi connectivity index (χ2v) is 4.82. The fourth-order valence-electron chi connectivity index (χ4n) is 1.45. The van der Waals surface area contributed by atoms with E-state index < -0.39 is 0 Å². The predicted octanol–water partition coefficient (Wildman–Crippen LogP) is 1.49. The lowest BCUT2D eigenvalue weighted by atomic mass is 10.3. The van der Waals surface area contributed by atoms with Gasteiger partial charge in [-0.1, -0.05) is 11.8 Å². The first-order chi connectivity index (χ1) is 9.70. The van der Waals surface area contributed by atoms with Gasteiger partial charge in [-0.3, -0.25) is 4.79 Å². The van der Waals surface area contributed by atoms with Gasteiger partial charge < -0.3 is 18.9 Å². The summed E-state index contributed by atoms with van der Waals surface area (Å²) in [5.41, 5.74) is 0.758. The van der Waals surface area contributed by atoms with E-state index in [0.29, 0.717) is 30.0 Å². The average molecular weight is 297 g/mol. The van der Waals surface area contributed by atoms with Gasteiger partial charge in [-0.05, 0) is 13.0 Å². The monoisotopic (exact) mass is 297 g/mol. The summed E-state index contributed by atoms with van der Waals surface area (Å²) in [4.78, 5) is 11.5. The molecular formula is C12H15N3O4S. The Morgan fingerprint density at radius 1 is 1.50 bits per heavy atom. The van der Waals surface area contributed by atoms with Crippen molar-refractivity contribution < 1.29 is 18.4 Å². The average Bonchev–Trinajstić information content (AvgIpc) is 3.05. The van der Waals surface area contributed by atoms with Crippen LogP contribution in [0.5, 0.6) is 0 Å². The third kappa shape index (κ3) is 3.84. The number of nitrogens with zero attached hydrogens (tertiary/aromatic N) is 2. The molecule has 0 aromatic carbocycles. The van der Waals surface area contributed by atoms with E-state index in [1.165, 1.54) is 11.8 Å². The van der Waals surface area contributed by atoms with Gasteiger partial charge in [-0.15, -0.1) is 10.2 Å². The van der Waals surface area contributed by atoms with Crippen LogP contribution in [0.2, 0.25) is 0 Å². The van der Waals surface area contributed by atoms with E-state index in [2.05, 4.69) is 15.5 Å². The number of carbonyl (C=O) groups excluding carboxylic acids is 1. The summed E-state index contributed by atoms with van der Waals surface area (Å²) < 4.78 is 15.5. The highest BCUT2D eigenvalue weighted by molar-refractivity contribution is 7.99. The molecule has 0 aliphatic heterocycles. The molecule has 1 amide bonds. The van der Waals surface area contributed by atoms with Gasteiger partial charge in [-0.25, -0.2) is 0 Å². The van der Waals surface area contributed by atoms with Crippen molar-refractivity contribution in [2.45, 2.75) is 12.1 Å². The van der Waals surface area contributed by atoms with Gasteiger partial charge in [-0.2, -0.15) is 0 Å². The molecule has 0 saturated carbocycles. The number of carbonyl (C=O) groups is 1. The quantitative estimate of drug-likeness (QED) is 0.611. The number of aromatic nitrogens is 2. The fourth-order valence-corrected chi connectivity index (χ4v) is 2.05. The van der Waals surface area contributed by atoms with Crippen molar-refractivity contribution in [2.24, 2.45) is 0 Å². The van der Waals surface area contributed by atoms with Crippen LogP contribution in [0.1, 0.15) is 5.76 Å². The Morgan fingerprint density at radius 2 is 2.35 bits per heavy atom. The summed E-state index contributed by atoms with van der Waals surface area (Å²) >= 11 is 1.19. The Balaban J connectivity index is 1.84. The Labute approximate surface area is 120 Å². The van der Waals surface area contributed by atoms with Crippen LogP contribution in [-0.2, 0) is 9.53 Å². The van der Waals surface area contributed by atoms with Crippen LogP contribution in [0.3, 0.4) is 0 Å². The SMILES string of the molecule is COCCNC(=O)CSc1nnc(-c2ccoc2C)o1. The highest BCUT2D eigenvalue weighted by Gasteiger charge is 2.14. The van der Waals surface area contributed by atoms with E-state index in [1.807, 2.05) is 6.92 Å². The number of furan rings is 1. The smallest absolute Gasteiger partial charge is 0.277 e. The van der Waals surface area contributed by atoms with Crippen LogP contribution in [0.15, 0.2) is 26.4 Å². The van der Waals surface area contributed by atoms with Crippen molar-refractivity contribution in [3.63, 3.8) is 0 Å². The molecule has 8 heteroatoms. The lowest BCUT2D eigenvalue weighted by Gasteiger charge is -2.01. The van der Waals surface area contributed by atoms with Crippen molar-refractivity contribution in [3.8, 4) is 11.5 Å². The van der Waals surface area contributed by atoms with E-state index in [4.69, 9.17) is 13.6 Å². The minimum atomic E-state index is -0.105. The molecule has 2 rings (SSSR count). The molecule has 0 atom stereocenters. The summed E-state index contributed by atoms with van der Waals surface area (Å²) in [7, 11) is 1.58. The van der Waals surface area contributed by atoms with E-state index in [9.17, 15) is 4.79 Å². The normalized spacial score (nSPS) is 10.7. The molecule has 0 aliphatic rings. The van der Waals surface area contributed by atoms with E-state index in [1.54, 1.807) is 19.4 Å². The first-order valence-electron chi connectivity index (χ1n) is 5.97. The summed E-state index contributed by atoms with van der Waals surface area (Å²) in [5.74, 6) is 1.21. The van der Waals surface area contributed by atoms with Gasteiger partial charge in [0.15, 0.2) is 0 Å². The predicted molar refractivity (Wildman–Crippen MR) is 72.3 cm³/mol. The number of aryl methyl sites for hydroxylation is 1. The van der Waals surface area contributed by atoms with Crippen molar-refractivity contribution in [1.82, 2.24) is 15.5 Å². The molecule has 0 fully saturated rings. The number of rotatable bonds is 7. The first kappa shape index (κ1) is 14.6. The Hall–Kier alpha value is -1.80. The van der Waals surface area contributed by atoms with Crippen molar-refractivity contribution in [1.29, 1.82) is 0 Å². The summed E-state index contributed by atoms with van der Waals surface area (Å²) in [6.07, 6.45) is 1.56. The molecule has 0 saturated heterocycles. The zero-order chi connectivity index (χ0) is 14.4. The Bertz CT molecular complexity index is 567. The van der Waals surface area contributed by atoms with Gasteiger partial charge in [0.25, 0.3) is 11.1 Å². The minimum Gasteiger partial charge on any atom is -0.469 e. The minimum absolute atomic E-state index is 0.105. The zero-order valence-corrected chi connectivity index (χ0v) is 12.0. The number of thioether (sulfide) groups is 1. The maximum Gasteiger partial charge on any atom is 0.277 e. The lowest BCUT2D eigenvalue weighted by molar-refractivity contribution is -0.118. The van der Waals surface area contributed by atoms with Crippen molar-refractivity contribution in [2.75, 3.05) is 26.0 Å². The molecule has 20 heavy (non-hydrogen) atoms. The lowest BCUT2D eigenvalue weighted by Crippen LogP contribution is -2.28. The molecule has 2 aromatic heterocycles. The number of hydrogen-bond donors (Lipinski definition) is 1. The van der Waals surface area contributed by atoms with Crippen molar-refractivity contribution in [3.05, 3.63) is 18.1 Å². The molecule has 2 heterocycles. The summed E-state index contributed by atoms with van der Waals surface area (Å²) in [5, 5.41) is 10.9. The highest BCUT2D eigenvalue weighted by atomic mass is 32.2. The second kappa shape index (κ2) is 7.11. The molecule has 0 aliphatic carbocycles. The Morgan fingerprint density at radius 3 is 3.05 bits per heavy atom. The molecule has 0 unspecified atom stereocenters. The molecule has 7 nitrogen and oxygen atoms in total. The number of nitrogens with one attached hydrogen (secondary N) is 1. The van der Waals surface area contributed by atoms with Crippen molar-refractivity contribution >= 4 is 17.7 Å². The molecule has 0 radical (unpaired) electrons. The maximum absolute atomic E-state index is 11.5. The number of amides is 1. The molecular weight excluding hydrogens is 282 g/mol. The van der Waals surface area contributed by atoms with Gasteiger partial charge in [0.2, 0.25) is 5.91 Å². The van der Waals surface area contributed by atoms with Gasteiger partial charge >= 0.3 is 0 Å². The van der Waals surface area contributed by atoms with Crippen LogP contribution in [0, 0.1) is 6.92 Å². The van der Waals surface area contributed by atoms with Crippen LogP contribution in [0.4, 0.5) is 0 Å². The number of ether oxygens (including phenoxy) is 1. The van der Waals surface area contributed by atoms with Gasteiger partial charge in [0, 0.05) is 13.7 Å². The van der Waals surface area contributed by atoms with E-state index >= 15 is 0 Å². The van der Waals surface area contributed by atoms with Crippen LogP contribution in [-0.4, -0.2) is 42.1 Å². The van der Waals surface area contributed by atoms with Crippen LogP contribution < -0.4 is 5.32 Å². The van der Waals surface area contributed by atoms with Crippen LogP contribution >= 0.6 is 11.8 Å². The highest BCUT2D eigenvalue weighted by Crippen LogP contribution is 2.25. The van der Waals surface area contributed by atoms with E-state index in [-0.39, 0.29) is 11.7 Å². The summed E-state index contributed by atoms with van der Waals surface area (Å²) in [6.45, 7) is 2.79. The number of methoxy groups -OCH3 is 1. The third-order valence-electron chi connectivity index (χ3n) is 2.45. The molecule has 0 spiro atoms. The first-order valence-corrected chi connectivity index (χ1v) is 6.95. The second-order valence-electron chi connectivity index (χ2n) is 3.90. The van der Waals surface area contributed by atoms with Gasteiger partial charge in [0.05, 0.1) is 24.2 Å². The molecule has 2 aromatic rings. The topological polar surface area (TPSA) is 90.4 Å². The molecule has 0 bridgehead atoms.